The molecule has 8 nitrogen and oxygen atoms in total. The molecule has 1 amide bonds. The van der Waals surface area contributed by atoms with Crippen molar-refractivity contribution in [3.63, 3.8) is 0 Å². The zero-order valence-electron chi connectivity index (χ0n) is 15.8. The van der Waals surface area contributed by atoms with Gasteiger partial charge in [-0.25, -0.2) is 9.67 Å². The number of carbonyl (C=O) groups is 1. The molecule has 4 rings (SSSR count). The van der Waals surface area contributed by atoms with Crippen LogP contribution in [0.25, 0.3) is 0 Å². The summed E-state index contributed by atoms with van der Waals surface area (Å²) in [7, 11) is 0. The van der Waals surface area contributed by atoms with Crippen LogP contribution in [0.3, 0.4) is 0 Å². The fourth-order valence-electron chi connectivity index (χ4n) is 3.76. The van der Waals surface area contributed by atoms with E-state index in [-0.39, 0.29) is 29.5 Å². The van der Waals surface area contributed by atoms with Crippen LogP contribution in [0.1, 0.15) is 42.3 Å². The Morgan fingerprint density at radius 3 is 2.93 bits per heavy atom. The summed E-state index contributed by atoms with van der Waals surface area (Å²) in [6, 6.07) is 2.98. The first-order valence-electron chi connectivity index (χ1n) is 9.61. The van der Waals surface area contributed by atoms with Crippen LogP contribution in [-0.4, -0.2) is 37.5 Å². The first-order chi connectivity index (χ1) is 13.5. The molecule has 1 atom stereocenters. The number of nitrogens with one attached hydrogen (secondary N) is 1. The Kier molecular flexibility index (Phi) is 5.34. The smallest absolute Gasteiger partial charge is 0.267 e. The van der Waals surface area contributed by atoms with Crippen LogP contribution in [0.15, 0.2) is 26.9 Å². The van der Waals surface area contributed by atoms with Gasteiger partial charge < -0.3 is 5.32 Å². The number of thioether (sulfide) groups is 1. The normalized spacial score (nSPS) is 17.8. The molecule has 2 aromatic rings. The predicted molar refractivity (Wildman–Crippen MR) is 106 cm³/mol. The molecule has 1 N–H and O–H groups in total. The third-order valence-electron chi connectivity index (χ3n) is 5.16. The molecule has 3 heterocycles. The minimum Gasteiger partial charge on any atom is -0.354 e. The van der Waals surface area contributed by atoms with E-state index in [4.69, 9.17) is 0 Å². The quantitative estimate of drug-likeness (QED) is 0.746. The predicted octanol–water partition coefficient (Wildman–Crippen LogP) is 0.841. The maximum Gasteiger partial charge on any atom is 0.267 e. The molecular weight excluding hydrogens is 378 g/mol. The van der Waals surface area contributed by atoms with Gasteiger partial charge in [0.05, 0.1) is 18.3 Å². The Morgan fingerprint density at radius 2 is 2.07 bits per heavy atom. The Bertz CT molecular complexity index is 1030. The standard InChI is InChI=1S/C19H23N5O3S/c1-12-8-18(27)24-14(11-28-19(24)21-12)10-16(25)20-6-7-23-17(26)9-13-4-2-3-5-15(13)22-23/h8-9,14H,2-7,10-11H2,1H3,(H,20,25). The lowest BCUT2D eigenvalue weighted by molar-refractivity contribution is -0.121. The minimum absolute atomic E-state index is 0.116. The van der Waals surface area contributed by atoms with Crippen LogP contribution in [0.5, 0.6) is 0 Å². The van der Waals surface area contributed by atoms with E-state index in [1.807, 2.05) is 0 Å². The number of aromatic nitrogens is 4. The summed E-state index contributed by atoms with van der Waals surface area (Å²) in [6.07, 6.45) is 4.25. The van der Waals surface area contributed by atoms with Crippen LogP contribution in [0.2, 0.25) is 0 Å². The van der Waals surface area contributed by atoms with Crippen molar-refractivity contribution in [2.24, 2.45) is 0 Å². The fraction of sp³-hybridized carbons (Fsp3) is 0.526. The SMILES string of the molecule is Cc1cc(=O)n2c(n1)SCC2CC(=O)NCCn1nc2c(cc1=O)CCCC2. The van der Waals surface area contributed by atoms with E-state index in [1.165, 1.54) is 22.5 Å². The molecule has 28 heavy (non-hydrogen) atoms. The maximum atomic E-state index is 12.3. The Labute approximate surface area is 166 Å². The molecule has 9 heteroatoms. The second-order valence-corrected chi connectivity index (χ2v) is 8.28. The van der Waals surface area contributed by atoms with Gasteiger partial charge in [0.15, 0.2) is 5.16 Å². The highest BCUT2D eigenvalue weighted by molar-refractivity contribution is 7.99. The van der Waals surface area contributed by atoms with Crippen molar-refractivity contribution in [3.8, 4) is 0 Å². The summed E-state index contributed by atoms with van der Waals surface area (Å²) in [5.41, 5.74) is 2.51. The van der Waals surface area contributed by atoms with Crippen LogP contribution in [0, 0.1) is 6.92 Å². The molecule has 0 saturated heterocycles. The second-order valence-electron chi connectivity index (χ2n) is 7.29. The molecule has 1 aliphatic heterocycles. The summed E-state index contributed by atoms with van der Waals surface area (Å²) in [6.45, 7) is 2.46. The van der Waals surface area contributed by atoms with Crippen LogP contribution >= 0.6 is 11.8 Å². The van der Waals surface area contributed by atoms with Gasteiger partial charge in [0.1, 0.15) is 0 Å². The van der Waals surface area contributed by atoms with E-state index in [9.17, 15) is 14.4 Å². The largest absolute Gasteiger partial charge is 0.354 e. The second kappa shape index (κ2) is 7.90. The van der Waals surface area contributed by atoms with E-state index in [1.54, 1.807) is 17.6 Å². The van der Waals surface area contributed by atoms with Crippen molar-refractivity contribution in [3.05, 3.63) is 49.8 Å². The van der Waals surface area contributed by atoms with Crippen molar-refractivity contribution >= 4 is 17.7 Å². The van der Waals surface area contributed by atoms with Crippen molar-refractivity contribution in [1.29, 1.82) is 0 Å². The van der Waals surface area contributed by atoms with Crippen LogP contribution < -0.4 is 16.4 Å². The zero-order valence-corrected chi connectivity index (χ0v) is 16.6. The van der Waals surface area contributed by atoms with Gasteiger partial charge in [-0.15, -0.1) is 0 Å². The summed E-state index contributed by atoms with van der Waals surface area (Å²) >= 11 is 1.50. The lowest BCUT2D eigenvalue weighted by atomic mass is 9.97. The molecule has 0 bridgehead atoms. The fourth-order valence-corrected chi connectivity index (χ4v) is 4.96. The van der Waals surface area contributed by atoms with Gasteiger partial charge in [0.25, 0.3) is 11.1 Å². The number of fused-ring (bicyclic) bond motifs is 2. The van der Waals surface area contributed by atoms with Gasteiger partial charge in [0, 0.05) is 36.5 Å². The number of hydrogen-bond acceptors (Lipinski definition) is 6. The Morgan fingerprint density at radius 1 is 1.25 bits per heavy atom. The number of amides is 1. The summed E-state index contributed by atoms with van der Waals surface area (Å²) in [5.74, 6) is 0.516. The number of hydrogen-bond donors (Lipinski definition) is 1. The number of carbonyl (C=O) groups excluding carboxylic acids is 1. The number of aryl methyl sites for hydroxylation is 3. The van der Waals surface area contributed by atoms with Crippen molar-refractivity contribution in [1.82, 2.24) is 24.6 Å². The number of rotatable bonds is 5. The van der Waals surface area contributed by atoms with E-state index in [0.29, 0.717) is 29.7 Å². The van der Waals surface area contributed by atoms with E-state index in [2.05, 4.69) is 15.4 Å². The highest BCUT2D eigenvalue weighted by Gasteiger charge is 2.27. The van der Waals surface area contributed by atoms with Crippen LogP contribution in [-0.2, 0) is 24.2 Å². The van der Waals surface area contributed by atoms with E-state index >= 15 is 0 Å². The maximum absolute atomic E-state index is 12.3. The van der Waals surface area contributed by atoms with Crippen molar-refractivity contribution in [2.75, 3.05) is 12.3 Å². The molecule has 1 aliphatic carbocycles. The average molecular weight is 401 g/mol. The zero-order chi connectivity index (χ0) is 19.7. The highest BCUT2D eigenvalue weighted by Crippen LogP contribution is 2.31. The van der Waals surface area contributed by atoms with E-state index in [0.717, 1.165) is 36.9 Å². The van der Waals surface area contributed by atoms with Gasteiger partial charge in [-0.1, -0.05) is 11.8 Å². The van der Waals surface area contributed by atoms with Gasteiger partial charge in [-0.3, -0.25) is 19.0 Å². The number of nitrogens with zero attached hydrogens (tertiary/aromatic N) is 4. The summed E-state index contributed by atoms with van der Waals surface area (Å²) in [5, 5.41) is 7.98. The molecule has 0 spiro atoms. The average Bonchev–Trinajstić information content (AvgIpc) is 3.04. The Hall–Kier alpha value is -2.42. The minimum atomic E-state index is -0.190. The first-order valence-corrected chi connectivity index (χ1v) is 10.6. The topological polar surface area (TPSA) is 98.9 Å². The molecule has 2 aliphatic rings. The molecule has 2 aromatic heterocycles. The summed E-state index contributed by atoms with van der Waals surface area (Å²) < 4.78 is 3.04. The highest BCUT2D eigenvalue weighted by atomic mass is 32.2. The van der Waals surface area contributed by atoms with Gasteiger partial charge in [0.2, 0.25) is 5.91 Å². The van der Waals surface area contributed by atoms with Crippen molar-refractivity contribution < 1.29 is 4.79 Å². The molecule has 0 radical (unpaired) electrons. The van der Waals surface area contributed by atoms with Gasteiger partial charge >= 0.3 is 0 Å². The molecule has 1 unspecified atom stereocenters. The lowest BCUT2D eigenvalue weighted by Gasteiger charge is -2.16. The Balaban J connectivity index is 1.34. The molecule has 0 saturated carbocycles. The monoisotopic (exact) mass is 401 g/mol. The van der Waals surface area contributed by atoms with E-state index < -0.39 is 0 Å². The van der Waals surface area contributed by atoms with Crippen molar-refractivity contribution in [2.45, 2.75) is 56.8 Å². The van der Waals surface area contributed by atoms with Gasteiger partial charge in [-0.05, 0) is 38.2 Å². The molecule has 148 valence electrons. The third kappa shape index (κ3) is 3.89. The molecule has 0 aromatic carbocycles. The van der Waals surface area contributed by atoms with Gasteiger partial charge in [-0.2, -0.15) is 5.10 Å². The molecular formula is C19H23N5O3S. The lowest BCUT2D eigenvalue weighted by Crippen LogP contribution is -2.35. The summed E-state index contributed by atoms with van der Waals surface area (Å²) in [4.78, 5) is 41.1. The molecule has 0 fully saturated rings. The first kappa shape index (κ1) is 18.9. The third-order valence-corrected chi connectivity index (χ3v) is 6.26. The van der Waals surface area contributed by atoms with Crippen LogP contribution in [0.4, 0.5) is 0 Å².